The van der Waals surface area contributed by atoms with Crippen molar-refractivity contribution in [2.24, 2.45) is 0 Å². The Balaban J connectivity index is 2.00. The molecule has 3 aromatic heterocycles. The summed E-state index contributed by atoms with van der Waals surface area (Å²) in [5.41, 5.74) is 2.98. The highest BCUT2D eigenvalue weighted by Gasteiger charge is 2.21. The first-order chi connectivity index (χ1) is 12.1. The Kier molecular flexibility index (Phi) is 3.62. The number of rotatable bonds is 3. The smallest absolute Gasteiger partial charge is 0.259 e. The summed E-state index contributed by atoms with van der Waals surface area (Å²) in [6.07, 6.45) is 7.78. The van der Waals surface area contributed by atoms with Crippen LogP contribution in [0.3, 0.4) is 0 Å². The number of pyridine rings is 2. The van der Waals surface area contributed by atoms with Crippen LogP contribution in [-0.2, 0) is 10.0 Å². The zero-order valence-electron chi connectivity index (χ0n) is 13.4. The number of aromatic nitrogens is 3. The lowest BCUT2D eigenvalue weighted by Crippen LogP contribution is -2.12. The standard InChI is InChI=1S/C19H14N3O2S/c1-14-19-17(18(13-21-14)15-7-10-20-11-8-15)9-12-22(19)25(23,24)16-5-3-2-4-6-16/h2-10,12-13H,1H3. The SMILES string of the molecule is Cc1ncc(-c2c[c]ncc2)c2ccn(S(=O)(=O)c3ccccc3)c12. The number of fused-ring (bicyclic) bond motifs is 1. The summed E-state index contributed by atoms with van der Waals surface area (Å²) in [5.74, 6) is 0. The second kappa shape index (κ2) is 5.82. The van der Waals surface area contributed by atoms with Crippen LogP contribution in [0.5, 0.6) is 0 Å². The van der Waals surface area contributed by atoms with E-state index in [1.54, 1.807) is 61.1 Å². The highest BCUT2D eigenvalue weighted by Crippen LogP contribution is 2.31. The average Bonchev–Trinajstić information content (AvgIpc) is 3.10. The van der Waals surface area contributed by atoms with E-state index < -0.39 is 10.0 Å². The van der Waals surface area contributed by atoms with Crippen LogP contribution in [0.1, 0.15) is 5.69 Å². The van der Waals surface area contributed by atoms with Gasteiger partial charge in [0, 0.05) is 29.5 Å². The Morgan fingerprint density at radius 2 is 1.88 bits per heavy atom. The number of benzene rings is 1. The predicted octanol–water partition coefficient (Wildman–Crippen LogP) is 3.44. The first kappa shape index (κ1) is 15.5. The van der Waals surface area contributed by atoms with Crippen molar-refractivity contribution in [3.63, 3.8) is 0 Å². The van der Waals surface area contributed by atoms with E-state index in [-0.39, 0.29) is 4.90 Å². The Hall–Kier alpha value is -2.99. The second-order valence-electron chi connectivity index (χ2n) is 5.62. The van der Waals surface area contributed by atoms with Crippen LogP contribution >= 0.6 is 0 Å². The van der Waals surface area contributed by atoms with E-state index in [1.165, 1.54) is 3.97 Å². The molecule has 0 saturated carbocycles. The molecule has 0 spiro atoms. The Morgan fingerprint density at radius 3 is 2.60 bits per heavy atom. The zero-order chi connectivity index (χ0) is 17.4. The van der Waals surface area contributed by atoms with Crippen LogP contribution in [0.25, 0.3) is 22.0 Å². The van der Waals surface area contributed by atoms with Crippen LogP contribution in [-0.4, -0.2) is 22.4 Å². The van der Waals surface area contributed by atoms with Crippen LogP contribution < -0.4 is 0 Å². The maximum atomic E-state index is 13.0. The molecule has 0 aliphatic carbocycles. The molecule has 4 aromatic rings. The van der Waals surface area contributed by atoms with Gasteiger partial charge in [-0.25, -0.2) is 12.4 Å². The molecule has 0 saturated heterocycles. The maximum absolute atomic E-state index is 13.0. The van der Waals surface area contributed by atoms with Crippen LogP contribution in [0.15, 0.2) is 72.0 Å². The highest BCUT2D eigenvalue weighted by molar-refractivity contribution is 7.90. The quantitative estimate of drug-likeness (QED) is 0.569. The van der Waals surface area contributed by atoms with Crippen molar-refractivity contribution < 1.29 is 8.42 Å². The summed E-state index contributed by atoms with van der Waals surface area (Å²) in [6.45, 7) is 1.81. The van der Waals surface area contributed by atoms with Gasteiger partial charge in [-0.1, -0.05) is 18.2 Å². The van der Waals surface area contributed by atoms with Crippen molar-refractivity contribution in [2.45, 2.75) is 11.8 Å². The second-order valence-corrected chi connectivity index (χ2v) is 7.44. The molecule has 123 valence electrons. The van der Waals surface area contributed by atoms with Crippen molar-refractivity contribution >= 4 is 20.9 Å². The van der Waals surface area contributed by atoms with Crippen LogP contribution in [0.2, 0.25) is 0 Å². The van der Waals surface area contributed by atoms with E-state index in [1.807, 2.05) is 13.0 Å². The Morgan fingerprint density at radius 1 is 1.08 bits per heavy atom. The van der Waals surface area contributed by atoms with E-state index in [9.17, 15) is 8.42 Å². The number of aryl methyl sites for hydroxylation is 1. The molecule has 5 nitrogen and oxygen atoms in total. The molecule has 3 heterocycles. The third-order valence-electron chi connectivity index (χ3n) is 4.11. The first-order valence-corrected chi connectivity index (χ1v) is 9.13. The lowest BCUT2D eigenvalue weighted by molar-refractivity contribution is 0.589. The predicted molar refractivity (Wildman–Crippen MR) is 95.6 cm³/mol. The fraction of sp³-hybridized carbons (Fsp3) is 0.0526. The fourth-order valence-corrected chi connectivity index (χ4v) is 4.32. The Bertz CT molecular complexity index is 1150. The lowest BCUT2D eigenvalue weighted by Gasteiger charge is -2.10. The maximum Gasteiger partial charge on any atom is 0.268 e. The van der Waals surface area contributed by atoms with Crippen molar-refractivity contribution in [2.75, 3.05) is 0 Å². The molecule has 0 aliphatic heterocycles. The molecule has 0 fully saturated rings. The van der Waals surface area contributed by atoms with Gasteiger partial charge in [-0.05, 0) is 42.8 Å². The molecule has 0 atom stereocenters. The van der Waals surface area contributed by atoms with Gasteiger partial charge in [0.05, 0.1) is 22.3 Å². The van der Waals surface area contributed by atoms with E-state index in [0.717, 1.165) is 16.5 Å². The number of hydrogen-bond acceptors (Lipinski definition) is 4. The van der Waals surface area contributed by atoms with E-state index >= 15 is 0 Å². The monoisotopic (exact) mass is 348 g/mol. The third-order valence-corrected chi connectivity index (χ3v) is 5.80. The van der Waals surface area contributed by atoms with Crippen molar-refractivity contribution in [1.29, 1.82) is 0 Å². The minimum Gasteiger partial charge on any atom is -0.259 e. The fourth-order valence-electron chi connectivity index (χ4n) is 2.90. The van der Waals surface area contributed by atoms with Gasteiger partial charge in [0.25, 0.3) is 10.0 Å². The summed E-state index contributed by atoms with van der Waals surface area (Å²) in [7, 11) is -3.69. The summed E-state index contributed by atoms with van der Waals surface area (Å²) >= 11 is 0. The van der Waals surface area contributed by atoms with Gasteiger partial charge in [0.2, 0.25) is 0 Å². The van der Waals surface area contributed by atoms with E-state index in [4.69, 9.17) is 0 Å². The molecular weight excluding hydrogens is 334 g/mol. The molecule has 0 bridgehead atoms. The number of hydrogen-bond donors (Lipinski definition) is 0. The van der Waals surface area contributed by atoms with Crippen LogP contribution in [0, 0.1) is 13.1 Å². The molecule has 0 amide bonds. The molecule has 6 heteroatoms. The molecule has 0 N–H and O–H groups in total. The summed E-state index contributed by atoms with van der Waals surface area (Å²) in [5, 5.41) is 0.826. The normalized spacial score (nSPS) is 11.7. The third kappa shape index (κ3) is 2.51. The summed E-state index contributed by atoms with van der Waals surface area (Å²) in [4.78, 5) is 8.56. The summed E-state index contributed by atoms with van der Waals surface area (Å²) in [6, 6.07) is 13.8. The van der Waals surface area contributed by atoms with E-state index in [0.29, 0.717) is 11.2 Å². The van der Waals surface area contributed by atoms with Gasteiger partial charge >= 0.3 is 0 Å². The molecule has 1 radical (unpaired) electrons. The highest BCUT2D eigenvalue weighted by atomic mass is 32.2. The topological polar surface area (TPSA) is 64.8 Å². The molecule has 4 rings (SSSR count). The minimum atomic E-state index is -3.69. The van der Waals surface area contributed by atoms with Gasteiger partial charge in [-0.2, -0.15) is 0 Å². The molecule has 0 aliphatic rings. The van der Waals surface area contributed by atoms with Crippen molar-refractivity contribution in [3.8, 4) is 11.1 Å². The lowest BCUT2D eigenvalue weighted by atomic mass is 10.1. The molecular formula is C19H14N3O2S. The largest absolute Gasteiger partial charge is 0.268 e. The minimum absolute atomic E-state index is 0.245. The van der Waals surface area contributed by atoms with Gasteiger partial charge in [0.1, 0.15) is 0 Å². The molecule has 25 heavy (non-hydrogen) atoms. The van der Waals surface area contributed by atoms with Gasteiger partial charge in [-0.15, -0.1) is 0 Å². The zero-order valence-corrected chi connectivity index (χ0v) is 14.2. The van der Waals surface area contributed by atoms with Gasteiger partial charge < -0.3 is 0 Å². The molecule has 0 unspecified atom stereocenters. The van der Waals surface area contributed by atoms with Gasteiger partial charge in [-0.3, -0.25) is 9.97 Å². The van der Waals surface area contributed by atoms with Crippen molar-refractivity contribution in [1.82, 2.24) is 13.9 Å². The first-order valence-electron chi connectivity index (χ1n) is 7.69. The Labute approximate surface area is 145 Å². The summed E-state index contributed by atoms with van der Waals surface area (Å²) < 4.78 is 27.4. The number of nitrogens with zero attached hydrogens (tertiary/aromatic N) is 3. The van der Waals surface area contributed by atoms with Crippen molar-refractivity contribution in [3.05, 3.63) is 79.0 Å². The average molecular weight is 348 g/mol. The van der Waals surface area contributed by atoms with Crippen LogP contribution in [0.4, 0.5) is 0 Å². The van der Waals surface area contributed by atoms with Gasteiger partial charge in [0.15, 0.2) is 0 Å². The van der Waals surface area contributed by atoms with E-state index in [2.05, 4.69) is 16.2 Å². The molecule has 1 aromatic carbocycles.